The van der Waals surface area contributed by atoms with Crippen LogP contribution in [0.25, 0.3) is 0 Å². The van der Waals surface area contributed by atoms with E-state index in [1.807, 2.05) is 0 Å². The van der Waals surface area contributed by atoms with Gasteiger partial charge in [-0.3, -0.25) is 14.9 Å². The first-order valence-electron chi connectivity index (χ1n) is 10.2. The van der Waals surface area contributed by atoms with Gasteiger partial charge in [-0.2, -0.15) is 0 Å². The van der Waals surface area contributed by atoms with Crippen LogP contribution < -0.4 is 10.0 Å². The van der Waals surface area contributed by atoms with Crippen molar-refractivity contribution in [3.63, 3.8) is 0 Å². The largest absolute Gasteiger partial charge is 0.326 e. The summed E-state index contributed by atoms with van der Waals surface area (Å²) in [5.41, 5.74) is 0.770. The van der Waals surface area contributed by atoms with Gasteiger partial charge >= 0.3 is 0 Å². The second-order valence-electron chi connectivity index (χ2n) is 7.70. The Balaban J connectivity index is 1.45. The van der Waals surface area contributed by atoms with Gasteiger partial charge in [-0.15, -0.1) is 0 Å². The number of amides is 1. The first-order chi connectivity index (χ1) is 15.2. The van der Waals surface area contributed by atoms with E-state index in [0.29, 0.717) is 43.7 Å². The van der Waals surface area contributed by atoms with Crippen molar-refractivity contribution in [1.82, 2.24) is 9.62 Å². The molecule has 2 aromatic carbocycles. The predicted octanol–water partition coefficient (Wildman–Crippen LogP) is 2.81. The van der Waals surface area contributed by atoms with Crippen LogP contribution in [0.3, 0.4) is 0 Å². The number of nitro groups is 1. The Hall–Kier alpha value is -2.89. The summed E-state index contributed by atoms with van der Waals surface area (Å²) in [7, 11) is -3.72. The molecule has 0 saturated carbocycles. The number of nitrogens with zero attached hydrogens (tertiary/aromatic N) is 2. The molecule has 0 spiro atoms. The monoisotopic (exact) mass is 464 g/mol. The standard InChI is InChI=1S/C21H25FN4O5S/c1-15-19(3-2-4-20(15)26(28)29)23-21(27)11-14-25-12-9-17(10-13-25)24-32(30,31)18-7-5-16(22)6-8-18/h2-8,17,24H,9-14H2,1H3,(H,23,27). The minimum Gasteiger partial charge on any atom is -0.326 e. The summed E-state index contributed by atoms with van der Waals surface area (Å²) >= 11 is 0. The van der Waals surface area contributed by atoms with Crippen molar-refractivity contribution in [2.75, 3.05) is 25.0 Å². The van der Waals surface area contributed by atoms with Crippen molar-refractivity contribution >= 4 is 27.3 Å². The van der Waals surface area contributed by atoms with Gasteiger partial charge in [0.2, 0.25) is 15.9 Å². The minimum atomic E-state index is -3.72. The molecule has 1 fully saturated rings. The SMILES string of the molecule is Cc1c(NC(=O)CCN2CCC(NS(=O)(=O)c3ccc(F)cc3)CC2)cccc1[N+](=O)[O-]. The molecule has 2 aromatic rings. The maximum Gasteiger partial charge on any atom is 0.274 e. The lowest BCUT2D eigenvalue weighted by Gasteiger charge is -2.32. The Labute approximate surface area is 185 Å². The van der Waals surface area contributed by atoms with Gasteiger partial charge < -0.3 is 10.2 Å². The number of piperidine rings is 1. The molecule has 1 saturated heterocycles. The number of halogens is 1. The van der Waals surface area contributed by atoms with E-state index in [2.05, 4.69) is 14.9 Å². The van der Waals surface area contributed by atoms with Gasteiger partial charge in [-0.25, -0.2) is 17.5 Å². The highest BCUT2D eigenvalue weighted by molar-refractivity contribution is 7.89. The van der Waals surface area contributed by atoms with Crippen LogP contribution in [0.15, 0.2) is 47.4 Å². The summed E-state index contributed by atoms with van der Waals surface area (Å²) in [6.45, 7) is 3.34. The molecular formula is C21H25FN4O5S. The Morgan fingerprint density at radius 1 is 1.19 bits per heavy atom. The molecule has 2 N–H and O–H groups in total. The molecule has 3 rings (SSSR count). The smallest absolute Gasteiger partial charge is 0.274 e. The van der Waals surface area contributed by atoms with Gasteiger partial charge in [0.05, 0.1) is 21.1 Å². The molecule has 1 aliphatic rings. The number of likely N-dealkylation sites (tertiary alicyclic amines) is 1. The third kappa shape index (κ3) is 6.09. The van der Waals surface area contributed by atoms with E-state index >= 15 is 0 Å². The zero-order chi connectivity index (χ0) is 23.3. The topological polar surface area (TPSA) is 122 Å². The van der Waals surface area contributed by atoms with Crippen molar-refractivity contribution < 1.29 is 22.5 Å². The van der Waals surface area contributed by atoms with E-state index < -0.39 is 20.8 Å². The zero-order valence-corrected chi connectivity index (χ0v) is 18.4. The zero-order valence-electron chi connectivity index (χ0n) is 17.6. The van der Waals surface area contributed by atoms with E-state index in [0.717, 1.165) is 12.1 Å². The number of nitrogens with one attached hydrogen (secondary N) is 2. The number of nitro benzene ring substituents is 1. The van der Waals surface area contributed by atoms with Crippen molar-refractivity contribution in [2.45, 2.75) is 37.1 Å². The van der Waals surface area contributed by atoms with Crippen LogP contribution in [-0.4, -0.2) is 49.8 Å². The van der Waals surface area contributed by atoms with E-state index in [1.54, 1.807) is 13.0 Å². The van der Waals surface area contributed by atoms with Crippen LogP contribution in [0, 0.1) is 22.9 Å². The van der Waals surface area contributed by atoms with Gasteiger partial charge in [0.1, 0.15) is 5.82 Å². The Morgan fingerprint density at radius 3 is 2.47 bits per heavy atom. The lowest BCUT2D eigenvalue weighted by Crippen LogP contribution is -2.45. The van der Waals surface area contributed by atoms with Gasteiger partial charge in [0.15, 0.2) is 0 Å². The molecule has 0 radical (unpaired) electrons. The quantitative estimate of drug-likeness (QED) is 0.458. The lowest BCUT2D eigenvalue weighted by molar-refractivity contribution is -0.385. The fraction of sp³-hybridized carbons (Fsp3) is 0.381. The highest BCUT2D eigenvalue weighted by atomic mass is 32.2. The molecule has 0 aliphatic carbocycles. The molecule has 32 heavy (non-hydrogen) atoms. The molecule has 0 atom stereocenters. The van der Waals surface area contributed by atoms with E-state index in [9.17, 15) is 27.7 Å². The average Bonchev–Trinajstić information content (AvgIpc) is 2.74. The molecule has 1 amide bonds. The first kappa shape index (κ1) is 23.8. The normalized spacial score (nSPS) is 15.4. The number of hydrogen-bond donors (Lipinski definition) is 2. The molecule has 9 nitrogen and oxygen atoms in total. The van der Waals surface area contributed by atoms with Crippen molar-refractivity contribution in [3.05, 3.63) is 64.0 Å². The van der Waals surface area contributed by atoms with Crippen LogP contribution in [-0.2, 0) is 14.8 Å². The third-order valence-corrected chi connectivity index (χ3v) is 7.00. The number of rotatable bonds is 8. The number of hydrogen-bond acceptors (Lipinski definition) is 6. The maximum absolute atomic E-state index is 13.0. The fourth-order valence-corrected chi connectivity index (χ4v) is 4.91. The van der Waals surface area contributed by atoms with E-state index in [-0.39, 0.29) is 29.0 Å². The highest BCUT2D eigenvalue weighted by Crippen LogP contribution is 2.25. The Morgan fingerprint density at radius 2 is 1.84 bits per heavy atom. The maximum atomic E-state index is 13.0. The van der Waals surface area contributed by atoms with Crippen molar-refractivity contribution in [3.8, 4) is 0 Å². The van der Waals surface area contributed by atoms with Crippen molar-refractivity contribution in [2.24, 2.45) is 0 Å². The molecule has 0 aromatic heterocycles. The van der Waals surface area contributed by atoms with Gasteiger partial charge in [0.25, 0.3) is 5.69 Å². The molecular weight excluding hydrogens is 439 g/mol. The van der Waals surface area contributed by atoms with Gasteiger partial charge in [-0.05, 0) is 63.2 Å². The third-order valence-electron chi connectivity index (χ3n) is 5.46. The molecule has 0 unspecified atom stereocenters. The van der Waals surface area contributed by atoms with Gasteiger partial charge in [0, 0.05) is 25.1 Å². The molecule has 1 heterocycles. The lowest BCUT2D eigenvalue weighted by atomic mass is 10.1. The van der Waals surface area contributed by atoms with Crippen LogP contribution in [0.5, 0.6) is 0 Å². The number of benzene rings is 2. The second-order valence-corrected chi connectivity index (χ2v) is 9.41. The Bertz CT molecular complexity index is 1080. The number of anilines is 1. The molecule has 172 valence electrons. The summed E-state index contributed by atoms with van der Waals surface area (Å²) in [6, 6.07) is 8.98. The van der Waals surface area contributed by atoms with E-state index in [1.165, 1.54) is 24.3 Å². The number of carbonyl (C=O) groups excluding carboxylic acids is 1. The summed E-state index contributed by atoms with van der Waals surface area (Å²) in [5.74, 6) is -0.741. The van der Waals surface area contributed by atoms with E-state index in [4.69, 9.17) is 0 Å². The predicted molar refractivity (Wildman–Crippen MR) is 117 cm³/mol. The summed E-state index contributed by atoms with van der Waals surface area (Å²) < 4.78 is 40.5. The summed E-state index contributed by atoms with van der Waals surface area (Å²) in [4.78, 5) is 24.9. The number of sulfonamides is 1. The number of carbonyl (C=O) groups is 1. The molecule has 11 heteroatoms. The molecule has 1 aliphatic heterocycles. The van der Waals surface area contributed by atoms with Crippen LogP contribution in [0.4, 0.5) is 15.8 Å². The van der Waals surface area contributed by atoms with Crippen LogP contribution >= 0.6 is 0 Å². The molecule has 0 bridgehead atoms. The highest BCUT2D eigenvalue weighted by Gasteiger charge is 2.25. The minimum absolute atomic E-state index is 0.0226. The van der Waals surface area contributed by atoms with Crippen molar-refractivity contribution in [1.29, 1.82) is 0 Å². The summed E-state index contributed by atoms with van der Waals surface area (Å²) in [5, 5.41) is 13.7. The first-order valence-corrected chi connectivity index (χ1v) is 11.7. The average molecular weight is 465 g/mol. The second kappa shape index (κ2) is 10.2. The van der Waals surface area contributed by atoms with Crippen LogP contribution in [0.2, 0.25) is 0 Å². The fourth-order valence-electron chi connectivity index (χ4n) is 3.60. The van der Waals surface area contributed by atoms with Crippen LogP contribution in [0.1, 0.15) is 24.8 Å². The Kier molecular flexibility index (Phi) is 7.54. The van der Waals surface area contributed by atoms with Gasteiger partial charge in [-0.1, -0.05) is 6.07 Å². The summed E-state index contributed by atoms with van der Waals surface area (Å²) in [6.07, 6.45) is 1.40.